The summed E-state index contributed by atoms with van der Waals surface area (Å²) in [5.41, 5.74) is 12.3. The maximum absolute atomic E-state index is 10.5. The summed E-state index contributed by atoms with van der Waals surface area (Å²) in [6.45, 7) is 39.3. The Bertz CT molecular complexity index is 1660. The van der Waals surface area contributed by atoms with E-state index in [0.717, 1.165) is 75.8 Å². The Labute approximate surface area is 432 Å². The highest BCUT2D eigenvalue weighted by atomic mass is 16.3. The molecule has 70 heavy (non-hydrogen) atoms. The monoisotopic (exact) mass is 975 g/mol. The third-order valence-corrected chi connectivity index (χ3v) is 14.7. The van der Waals surface area contributed by atoms with E-state index in [1.807, 2.05) is 13.0 Å². The zero-order valence-corrected chi connectivity index (χ0v) is 48.7. The van der Waals surface area contributed by atoms with E-state index in [4.69, 9.17) is 15.3 Å². The Balaban J connectivity index is 0. The molecule has 0 spiro atoms. The van der Waals surface area contributed by atoms with Gasteiger partial charge in [0.15, 0.2) is 0 Å². The molecule has 4 rings (SSSR count). The van der Waals surface area contributed by atoms with Gasteiger partial charge in [-0.05, 0) is 239 Å². The number of rotatable bonds is 24. The van der Waals surface area contributed by atoms with Crippen molar-refractivity contribution >= 4 is 18.9 Å². The van der Waals surface area contributed by atoms with E-state index >= 15 is 0 Å². The van der Waals surface area contributed by atoms with E-state index in [1.54, 1.807) is 6.08 Å². The summed E-state index contributed by atoms with van der Waals surface area (Å²) in [6.07, 6.45) is 38.3. The second-order valence-corrected chi connectivity index (χ2v) is 24.0. The first-order valence-electron chi connectivity index (χ1n) is 27.0. The molecule has 402 valence electrons. The predicted octanol–water partition coefficient (Wildman–Crippen LogP) is 17.0. The molecule has 0 aromatic heterocycles. The Morgan fingerprint density at radius 2 is 0.686 bits per heavy atom. The fraction of sp³-hybridized carbons (Fsp3) is 0.703. The van der Waals surface area contributed by atoms with Crippen LogP contribution in [0, 0.1) is 45.3 Å². The molecule has 4 aliphatic carbocycles. The molecule has 8 atom stereocenters. The van der Waals surface area contributed by atoms with Gasteiger partial charge in [0, 0.05) is 25.0 Å². The van der Waals surface area contributed by atoms with Crippen LogP contribution in [0.5, 0.6) is 0 Å². The van der Waals surface area contributed by atoms with Crippen LogP contribution in [0.25, 0.3) is 0 Å². The van der Waals surface area contributed by atoms with Gasteiger partial charge in [0.25, 0.3) is 0 Å². The summed E-state index contributed by atoms with van der Waals surface area (Å²) in [7, 11) is 0. The molecule has 0 radical (unpaired) electrons. The van der Waals surface area contributed by atoms with Crippen molar-refractivity contribution < 1.29 is 29.7 Å². The fourth-order valence-corrected chi connectivity index (χ4v) is 8.47. The van der Waals surface area contributed by atoms with Crippen LogP contribution in [0.4, 0.5) is 0 Å². The van der Waals surface area contributed by atoms with E-state index in [-0.39, 0.29) is 6.61 Å². The van der Waals surface area contributed by atoms with Gasteiger partial charge in [-0.2, -0.15) is 0 Å². The Morgan fingerprint density at radius 3 is 0.914 bits per heavy atom. The highest BCUT2D eigenvalue weighted by molar-refractivity contribution is 5.65. The minimum atomic E-state index is 0.167. The zero-order chi connectivity index (χ0) is 54.1. The molecule has 0 aromatic rings. The average Bonchev–Trinajstić information content (AvgIpc) is 4.21. The van der Waals surface area contributed by atoms with Gasteiger partial charge in [0.1, 0.15) is 18.9 Å². The number of hydrogen-bond donors (Lipinski definition) is 3. The van der Waals surface area contributed by atoms with Crippen LogP contribution < -0.4 is 0 Å². The quantitative estimate of drug-likeness (QED) is 0.0505. The fourth-order valence-electron chi connectivity index (χ4n) is 8.47. The van der Waals surface area contributed by atoms with Gasteiger partial charge < -0.3 is 24.9 Å². The molecule has 6 nitrogen and oxygen atoms in total. The van der Waals surface area contributed by atoms with Crippen molar-refractivity contribution in [2.45, 2.75) is 227 Å². The molecule has 0 amide bonds. The number of carbonyl (C=O) groups excluding carboxylic acids is 3. The normalized spacial score (nSPS) is 26.1. The number of hydrogen-bond acceptors (Lipinski definition) is 6. The Morgan fingerprint density at radius 1 is 0.400 bits per heavy atom. The van der Waals surface area contributed by atoms with E-state index in [9.17, 15) is 14.4 Å². The number of aliphatic hydroxyl groups excluding tert-OH is 3. The molecule has 0 bridgehead atoms. The van der Waals surface area contributed by atoms with Crippen molar-refractivity contribution in [1.82, 2.24) is 0 Å². The number of allylic oxidation sites excluding steroid dienone is 15. The lowest BCUT2D eigenvalue weighted by atomic mass is 9.99. The standard InChI is InChI=1S/2C11H20O.2C11H18O.C10H18O.C10H16O/c4*1-9(2)5-4-6-11(3)7-10(11)8-12;2*1-9(2)5-4-6-10(3)7-8-11/h2*5,10,12H,4,6-8H2,1-3H3;2*5,8,10H,4,6-7H2,1-3H3;5,7,11H,4,6,8H2,1-3H3;5,7-8H,4,6H2,1-3H3/b;;;;2*10-7+/t4*10-,11+;;/m1010../s1. The lowest BCUT2D eigenvalue weighted by molar-refractivity contribution is -0.110. The summed E-state index contributed by atoms with van der Waals surface area (Å²) >= 11 is 0. The number of aliphatic hydroxyl groups is 3. The highest BCUT2D eigenvalue weighted by Gasteiger charge is 2.50. The van der Waals surface area contributed by atoms with Gasteiger partial charge in [-0.15, -0.1) is 0 Å². The molecule has 0 aliphatic heterocycles. The van der Waals surface area contributed by atoms with Gasteiger partial charge >= 0.3 is 0 Å². The van der Waals surface area contributed by atoms with Crippen molar-refractivity contribution in [3.05, 3.63) is 93.2 Å². The van der Waals surface area contributed by atoms with E-state index < -0.39 is 0 Å². The molecular weight excluding hydrogens is 865 g/mol. The molecule has 0 aromatic carbocycles. The van der Waals surface area contributed by atoms with Crippen LogP contribution >= 0.6 is 0 Å². The Kier molecular flexibility index (Phi) is 36.1. The molecule has 6 heteroatoms. The van der Waals surface area contributed by atoms with E-state index in [0.29, 0.717) is 58.5 Å². The van der Waals surface area contributed by atoms with Gasteiger partial charge in [-0.25, -0.2) is 0 Å². The van der Waals surface area contributed by atoms with Crippen LogP contribution in [0.3, 0.4) is 0 Å². The minimum Gasteiger partial charge on any atom is -0.396 e. The first-order valence-corrected chi connectivity index (χ1v) is 27.0. The zero-order valence-electron chi connectivity index (χ0n) is 48.7. The second kappa shape index (κ2) is 36.7. The van der Waals surface area contributed by atoms with Gasteiger partial charge in [0.05, 0.1) is 6.61 Å². The van der Waals surface area contributed by atoms with Crippen LogP contribution in [-0.4, -0.2) is 54.0 Å². The van der Waals surface area contributed by atoms with Gasteiger partial charge in [0.2, 0.25) is 0 Å². The highest BCUT2D eigenvalue weighted by Crippen LogP contribution is 2.56. The van der Waals surface area contributed by atoms with Crippen molar-refractivity contribution in [3.8, 4) is 0 Å². The van der Waals surface area contributed by atoms with E-state index in [2.05, 4.69) is 154 Å². The summed E-state index contributed by atoms with van der Waals surface area (Å²) in [6, 6.07) is 0. The smallest absolute Gasteiger partial charge is 0.142 e. The van der Waals surface area contributed by atoms with Crippen molar-refractivity contribution in [2.75, 3.05) is 19.8 Å². The molecule has 4 aliphatic rings. The summed E-state index contributed by atoms with van der Waals surface area (Å²) in [5, 5.41) is 26.4. The minimum absolute atomic E-state index is 0.167. The second-order valence-electron chi connectivity index (χ2n) is 24.0. The average molecular weight is 976 g/mol. The lowest BCUT2D eigenvalue weighted by Crippen LogP contribution is -2.00. The molecular formula is C64H110O6. The first kappa shape index (κ1) is 68.9. The maximum Gasteiger partial charge on any atom is 0.142 e. The van der Waals surface area contributed by atoms with Crippen LogP contribution in [-0.2, 0) is 14.4 Å². The number of carbonyl (C=O) groups is 3. The van der Waals surface area contributed by atoms with Crippen LogP contribution in [0.1, 0.15) is 227 Å². The molecule has 3 N–H and O–H groups in total. The Hall–Kier alpha value is -3.19. The first-order chi connectivity index (χ1) is 32.7. The van der Waals surface area contributed by atoms with Gasteiger partial charge in [-0.1, -0.05) is 115 Å². The molecule has 4 fully saturated rings. The SMILES string of the molecule is CC(C)=CCC/C(C)=C/C=O.CC(C)=CCC/C(C)=C/CO.CC(C)=CCC[C@@]1(C)C[C@@H]1C=O.CC(C)=CCC[C@@]1(C)C[C@@H]1CO.CC(C)=CCC[C@]1(C)C[C@H]1C=O.CC(C)=CCC[C@]1(C)C[C@H]1CO. The maximum atomic E-state index is 10.5. The summed E-state index contributed by atoms with van der Waals surface area (Å²) in [5.74, 6) is 1.87. The van der Waals surface area contributed by atoms with Crippen molar-refractivity contribution in [3.63, 3.8) is 0 Å². The number of aldehydes is 3. The summed E-state index contributed by atoms with van der Waals surface area (Å²) in [4.78, 5) is 30.9. The van der Waals surface area contributed by atoms with Crippen LogP contribution in [0.2, 0.25) is 0 Å². The topological polar surface area (TPSA) is 112 Å². The molecule has 0 unspecified atom stereocenters. The molecule has 4 saturated carbocycles. The molecule has 0 heterocycles. The third-order valence-electron chi connectivity index (χ3n) is 14.7. The molecule has 0 saturated heterocycles. The largest absolute Gasteiger partial charge is 0.396 e. The summed E-state index contributed by atoms with van der Waals surface area (Å²) < 4.78 is 0. The third kappa shape index (κ3) is 35.0. The lowest BCUT2D eigenvalue weighted by Gasteiger charge is -2.07. The van der Waals surface area contributed by atoms with Gasteiger partial charge in [-0.3, -0.25) is 4.79 Å². The van der Waals surface area contributed by atoms with E-state index in [1.165, 1.54) is 90.4 Å². The van der Waals surface area contributed by atoms with Crippen molar-refractivity contribution in [2.24, 2.45) is 45.3 Å². The van der Waals surface area contributed by atoms with Crippen molar-refractivity contribution in [1.29, 1.82) is 0 Å². The van der Waals surface area contributed by atoms with Crippen LogP contribution in [0.15, 0.2) is 93.2 Å². The predicted molar refractivity (Wildman–Crippen MR) is 304 cm³/mol.